The van der Waals surface area contributed by atoms with E-state index in [1.807, 2.05) is 18.3 Å². The maximum Gasteiger partial charge on any atom is 0.147 e. The standard InChI is InChI=1S/C24H33N7OSi/c1-5-31(22-7-6-19(14-25)15-26-22)20-8-10-29(16-20)23-21-9-11-30(24(21)28-17-27-23)18-32-12-13-33(2,3)4/h6-7,9,11,15,17,20H,5,8,10,12-13,16,18H2,1-4H3/t20-/m1/s1. The van der Waals surface area contributed by atoms with Gasteiger partial charge in [-0.05, 0) is 37.6 Å². The van der Waals surface area contributed by atoms with Gasteiger partial charge in [-0.15, -0.1) is 0 Å². The average Bonchev–Trinajstić information content (AvgIpc) is 3.45. The van der Waals surface area contributed by atoms with Crippen molar-refractivity contribution in [2.75, 3.05) is 36.0 Å². The lowest BCUT2D eigenvalue weighted by molar-refractivity contribution is 0.0899. The van der Waals surface area contributed by atoms with E-state index in [1.165, 1.54) is 0 Å². The highest BCUT2D eigenvalue weighted by Crippen LogP contribution is 2.29. The van der Waals surface area contributed by atoms with Gasteiger partial charge in [0.25, 0.3) is 0 Å². The summed E-state index contributed by atoms with van der Waals surface area (Å²) < 4.78 is 8.01. The number of fused-ring (bicyclic) bond motifs is 1. The zero-order valence-electron chi connectivity index (χ0n) is 20.0. The van der Waals surface area contributed by atoms with Gasteiger partial charge >= 0.3 is 0 Å². The molecule has 33 heavy (non-hydrogen) atoms. The number of anilines is 2. The topological polar surface area (TPSA) is 83.1 Å². The molecule has 0 aromatic carbocycles. The third kappa shape index (κ3) is 5.34. The van der Waals surface area contributed by atoms with Crippen LogP contribution in [0.2, 0.25) is 25.7 Å². The van der Waals surface area contributed by atoms with Gasteiger partial charge in [0.05, 0.1) is 10.9 Å². The molecule has 3 aromatic heterocycles. The van der Waals surface area contributed by atoms with Crippen LogP contribution in [0.1, 0.15) is 18.9 Å². The van der Waals surface area contributed by atoms with Crippen molar-refractivity contribution in [1.82, 2.24) is 19.5 Å². The van der Waals surface area contributed by atoms with E-state index in [9.17, 15) is 0 Å². The van der Waals surface area contributed by atoms with Gasteiger partial charge in [-0.1, -0.05) is 19.6 Å². The highest BCUT2D eigenvalue weighted by atomic mass is 28.3. The maximum absolute atomic E-state index is 9.05. The van der Waals surface area contributed by atoms with Crippen molar-refractivity contribution in [3.8, 4) is 6.07 Å². The fraction of sp³-hybridized carbons (Fsp3) is 0.500. The monoisotopic (exact) mass is 463 g/mol. The first-order valence-electron chi connectivity index (χ1n) is 11.6. The van der Waals surface area contributed by atoms with Crippen LogP contribution in [0, 0.1) is 11.3 Å². The molecule has 0 unspecified atom stereocenters. The molecule has 0 radical (unpaired) electrons. The molecular formula is C24H33N7OSi. The number of rotatable bonds is 9. The van der Waals surface area contributed by atoms with Gasteiger partial charge in [0.15, 0.2) is 0 Å². The Labute approximate surface area is 196 Å². The number of ether oxygens (including phenoxy) is 1. The van der Waals surface area contributed by atoms with Crippen molar-refractivity contribution in [1.29, 1.82) is 5.26 Å². The molecule has 0 saturated carbocycles. The molecule has 8 nitrogen and oxygen atoms in total. The molecule has 1 fully saturated rings. The van der Waals surface area contributed by atoms with E-state index in [1.54, 1.807) is 12.5 Å². The minimum Gasteiger partial charge on any atom is -0.361 e. The Kier molecular flexibility index (Phi) is 6.96. The summed E-state index contributed by atoms with van der Waals surface area (Å²) in [5, 5.41) is 10.1. The first-order chi connectivity index (χ1) is 15.9. The van der Waals surface area contributed by atoms with Crippen LogP contribution in [-0.4, -0.2) is 59.9 Å². The molecule has 1 saturated heterocycles. The van der Waals surface area contributed by atoms with Gasteiger partial charge in [0.1, 0.15) is 36.4 Å². The second kappa shape index (κ2) is 9.89. The lowest BCUT2D eigenvalue weighted by Crippen LogP contribution is -2.38. The second-order valence-electron chi connectivity index (χ2n) is 9.76. The van der Waals surface area contributed by atoms with Crippen LogP contribution >= 0.6 is 0 Å². The van der Waals surface area contributed by atoms with Gasteiger partial charge in [-0.2, -0.15) is 5.26 Å². The molecule has 1 aliphatic heterocycles. The zero-order valence-corrected chi connectivity index (χ0v) is 21.0. The largest absolute Gasteiger partial charge is 0.361 e. The summed E-state index contributed by atoms with van der Waals surface area (Å²) in [4.78, 5) is 18.4. The molecule has 0 aliphatic carbocycles. The fourth-order valence-electron chi connectivity index (χ4n) is 4.31. The maximum atomic E-state index is 9.05. The van der Waals surface area contributed by atoms with Crippen LogP contribution in [0.5, 0.6) is 0 Å². The summed E-state index contributed by atoms with van der Waals surface area (Å²) in [5.74, 6) is 1.89. The molecule has 4 heterocycles. The summed E-state index contributed by atoms with van der Waals surface area (Å²) in [6.07, 6.45) is 6.38. The van der Waals surface area contributed by atoms with Crippen LogP contribution in [0.15, 0.2) is 36.9 Å². The van der Waals surface area contributed by atoms with Gasteiger partial charge in [-0.25, -0.2) is 15.0 Å². The smallest absolute Gasteiger partial charge is 0.147 e. The van der Waals surface area contributed by atoms with Gasteiger partial charge in [-0.3, -0.25) is 0 Å². The van der Waals surface area contributed by atoms with Crippen LogP contribution in [0.3, 0.4) is 0 Å². The molecule has 1 atom stereocenters. The van der Waals surface area contributed by atoms with Gasteiger partial charge in [0.2, 0.25) is 0 Å². The number of aromatic nitrogens is 4. The average molecular weight is 464 g/mol. The third-order valence-corrected chi connectivity index (χ3v) is 7.88. The Morgan fingerprint density at radius 3 is 2.76 bits per heavy atom. The number of likely N-dealkylation sites (N-methyl/N-ethyl adjacent to an activating group) is 1. The Morgan fingerprint density at radius 1 is 1.21 bits per heavy atom. The van der Waals surface area contributed by atoms with Crippen LogP contribution in [-0.2, 0) is 11.5 Å². The lowest BCUT2D eigenvalue weighted by Gasteiger charge is -2.29. The van der Waals surface area contributed by atoms with Gasteiger partial charge < -0.3 is 19.1 Å². The van der Waals surface area contributed by atoms with Gasteiger partial charge in [0, 0.05) is 52.8 Å². The van der Waals surface area contributed by atoms with Crippen molar-refractivity contribution in [2.45, 2.75) is 51.8 Å². The summed E-state index contributed by atoms with van der Waals surface area (Å²) >= 11 is 0. The number of nitriles is 1. The minimum atomic E-state index is -1.10. The molecule has 9 heteroatoms. The van der Waals surface area contributed by atoms with Crippen molar-refractivity contribution >= 4 is 30.7 Å². The molecule has 174 valence electrons. The molecular weight excluding hydrogens is 430 g/mol. The number of pyridine rings is 1. The summed E-state index contributed by atoms with van der Waals surface area (Å²) in [5.41, 5.74) is 1.50. The molecule has 3 aromatic rings. The van der Waals surface area contributed by atoms with E-state index in [-0.39, 0.29) is 0 Å². The van der Waals surface area contributed by atoms with E-state index in [2.05, 4.69) is 68.0 Å². The molecule has 0 spiro atoms. The summed E-state index contributed by atoms with van der Waals surface area (Å²) in [6.45, 7) is 13.2. The van der Waals surface area contributed by atoms with E-state index < -0.39 is 8.07 Å². The van der Waals surface area contributed by atoms with Crippen LogP contribution in [0.4, 0.5) is 11.6 Å². The Morgan fingerprint density at radius 2 is 2.06 bits per heavy atom. The number of hydrogen-bond acceptors (Lipinski definition) is 7. The molecule has 4 rings (SSSR count). The number of hydrogen-bond donors (Lipinski definition) is 0. The van der Waals surface area contributed by atoms with E-state index in [4.69, 9.17) is 10.00 Å². The Balaban J connectivity index is 1.46. The second-order valence-corrected chi connectivity index (χ2v) is 15.4. The summed E-state index contributed by atoms with van der Waals surface area (Å²) in [7, 11) is -1.10. The predicted molar refractivity (Wildman–Crippen MR) is 134 cm³/mol. The lowest BCUT2D eigenvalue weighted by atomic mass is 10.2. The minimum absolute atomic E-state index is 0.340. The zero-order chi connectivity index (χ0) is 23.4. The Bertz CT molecular complexity index is 1120. The normalized spacial score (nSPS) is 16.3. The molecule has 0 amide bonds. The fourth-order valence-corrected chi connectivity index (χ4v) is 5.06. The van der Waals surface area contributed by atoms with Crippen molar-refractivity contribution in [3.05, 3.63) is 42.5 Å². The van der Waals surface area contributed by atoms with Crippen LogP contribution in [0.25, 0.3) is 11.0 Å². The first kappa shape index (κ1) is 23.2. The molecule has 0 bridgehead atoms. The van der Waals surface area contributed by atoms with Crippen LogP contribution < -0.4 is 9.80 Å². The highest BCUT2D eigenvalue weighted by molar-refractivity contribution is 6.76. The third-order valence-electron chi connectivity index (χ3n) is 6.18. The quantitative estimate of drug-likeness (QED) is 0.349. The SMILES string of the molecule is CCN(c1ccc(C#N)cn1)[C@@H]1CCN(c2ncnc3c2ccn3COCC[Si](C)(C)C)C1. The predicted octanol–water partition coefficient (Wildman–Crippen LogP) is 4.12. The Hall–Kier alpha value is -2.96. The highest BCUT2D eigenvalue weighted by Gasteiger charge is 2.30. The van der Waals surface area contributed by atoms with E-state index in [0.29, 0.717) is 18.3 Å². The van der Waals surface area contributed by atoms with Crippen molar-refractivity contribution in [2.24, 2.45) is 0 Å². The molecule has 0 N–H and O–H groups in total. The molecule has 1 aliphatic rings. The van der Waals surface area contributed by atoms with E-state index in [0.717, 1.165) is 61.4 Å². The van der Waals surface area contributed by atoms with Crippen molar-refractivity contribution < 1.29 is 4.74 Å². The first-order valence-corrected chi connectivity index (χ1v) is 15.4. The van der Waals surface area contributed by atoms with E-state index >= 15 is 0 Å². The van der Waals surface area contributed by atoms with Crippen molar-refractivity contribution in [3.63, 3.8) is 0 Å². The summed E-state index contributed by atoms with van der Waals surface area (Å²) in [6, 6.07) is 9.51. The number of nitrogens with zero attached hydrogens (tertiary/aromatic N) is 7.